The number of anilines is 2. The van der Waals surface area contributed by atoms with E-state index in [2.05, 4.69) is 23.4 Å². The third-order valence-corrected chi connectivity index (χ3v) is 6.00. The van der Waals surface area contributed by atoms with Gasteiger partial charge in [0.15, 0.2) is 11.6 Å². The molecule has 0 radical (unpaired) electrons. The van der Waals surface area contributed by atoms with Crippen LogP contribution >= 0.6 is 0 Å². The Labute approximate surface area is 157 Å². The summed E-state index contributed by atoms with van der Waals surface area (Å²) in [5.41, 5.74) is 0.498. The molecule has 0 spiro atoms. The molecular weight excluding hydrogens is 352 g/mol. The topological polar surface area (TPSA) is 42.4 Å². The van der Waals surface area contributed by atoms with Gasteiger partial charge in [-0.1, -0.05) is 6.58 Å². The molecule has 0 bridgehead atoms. The molecule has 0 saturated carbocycles. The molecule has 2 atom stereocenters. The molecule has 0 aromatic heterocycles. The first-order chi connectivity index (χ1) is 12.6. The summed E-state index contributed by atoms with van der Waals surface area (Å²) in [6.45, 7) is 8.38. The Morgan fingerprint density at radius 3 is 2.30 bits per heavy atom. The quantitative estimate of drug-likeness (QED) is 0.695. The van der Waals surface area contributed by atoms with E-state index in [-0.39, 0.29) is 28.9 Å². The van der Waals surface area contributed by atoms with Crippen LogP contribution in [0.25, 0.3) is 0 Å². The summed E-state index contributed by atoms with van der Waals surface area (Å²) >= 11 is 0. The number of carbonyl (C=O) groups is 1. The van der Waals surface area contributed by atoms with E-state index in [0.29, 0.717) is 30.3 Å². The van der Waals surface area contributed by atoms with Crippen molar-refractivity contribution in [2.24, 2.45) is 4.99 Å². The van der Waals surface area contributed by atoms with Crippen molar-refractivity contribution < 1.29 is 13.6 Å². The molecule has 4 rings (SSSR count). The number of fused-ring (bicyclic) bond motifs is 2. The van der Waals surface area contributed by atoms with Crippen molar-refractivity contribution >= 4 is 23.1 Å². The van der Waals surface area contributed by atoms with Crippen LogP contribution in [0.2, 0.25) is 0 Å². The molecule has 1 aromatic rings. The van der Waals surface area contributed by atoms with Crippen LogP contribution in [0.1, 0.15) is 18.1 Å². The number of amidine groups is 1. The van der Waals surface area contributed by atoms with E-state index >= 15 is 8.78 Å². The van der Waals surface area contributed by atoms with Gasteiger partial charge < -0.3 is 14.7 Å². The Hall–Kier alpha value is -2.48. The number of carbonyl (C=O) groups excluding carboxylic acids is 1. The minimum absolute atomic E-state index is 0.0803. The van der Waals surface area contributed by atoms with E-state index in [9.17, 15) is 4.79 Å². The van der Waals surface area contributed by atoms with Gasteiger partial charge in [-0.25, -0.2) is 13.8 Å². The molecule has 1 saturated heterocycles. The Balaban J connectivity index is 2.07. The molecular formula is C19H23F2N5O. The zero-order valence-corrected chi connectivity index (χ0v) is 16.2. The lowest BCUT2D eigenvalue weighted by atomic mass is 10.00. The maximum atomic E-state index is 15.2. The first-order valence-corrected chi connectivity index (χ1v) is 8.92. The second-order valence-corrected chi connectivity index (χ2v) is 7.59. The van der Waals surface area contributed by atoms with Gasteiger partial charge in [0, 0.05) is 38.8 Å². The van der Waals surface area contributed by atoms with Gasteiger partial charge in [0.25, 0.3) is 5.91 Å². The highest BCUT2D eigenvalue weighted by Crippen LogP contribution is 2.44. The van der Waals surface area contributed by atoms with Gasteiger partial charge in [-0.2, -0.15) is 0 Å². The lowest BCUT2D eigenvalue weighted by Gasteiger charge is -2.44. The highest BCUT2D eigenvalue weighted by atomic mass is 19.1. The maximum Gasteiger partial charge on any atom is 0.250 e. The largest absolute Gasteiger partial charge is 0.341 e. The van der Waals surface area contributed by atoms with Crippen LogP contribution in [-0.2, 0) is 4.79 Å². The highest BCUT2D eigenvalue weighted by molar-refractivity contribution is 6.17. The third kappa shape index (κ3) is 2.25. The zero-order valence-electron chi connectivity index (χ0n) is 16.2. The molecule has 0 aliphatic carbocycles. The van der Waals surface area contributed by atoms with Crippen molar-refractivity contribution in [3.05, 3.63) is 35.2 Å². The molecule has 1 fully saturated rings. The monoisotopic (exact) mass is 375 g/mol. The first-order valence-electron chi connectivity index (χ1n) is 8.92. The first kappa shape index (κ1) is 17.9. The van der Waals surface area contributed by atoms with Crippen molar-refractivity contribution in [2.75, 3.05) is 44.0 Å². The van der Waals surface area contributed by atoms with E-state index < -0.39 is 17.7 Å². The molecule has 3 heterocycles. The average molecular weight is 375 g/mol. The SMILES string of the molecule is C=C1N=C2c3c(c(F)c(C)c(F)c3N(C)C(=O)C3CN(C)C(C)CN23)N1C. The lowest BCUT2D eigenvalue weighted by Crippen LogP contribution is -2.61. The molecule has 0 N–H and O–H groups in total. The molecule has 6 nitrogen and oxygen atoms in total. The van der Waals surface area contributed by atoms with E-state index in [1.165, 1.54) is 16.7 Å². The molecule has 144 valence electrons. The van der Waals surface area contributed by atoms with Gasteiger partial charge in [-0.15, -0.1) is 0 Å². The fraction of sp³-hybridized carbons (Fsp3) is 0.474. The fourth-order valence-electron chi connectivity index (χ4n) is 4.10. The van der Waals surface area contributed by atoms with Crippen LogP contribution < -0.4 is 9.80 Å². The highest BCUT2D eigenvalue weighted by Gasteiger charge is 2.46. The Morgan fingerprint density at radius 2 is 1.67 bits per heavy atom. The number of likely N-dealkylation sites (N-methyl/N-ethyl adjacent to an activating group) is 2. The molecule has 1 amide bonds. The normalized spacial score (nSPS) is 25.3. The standard InChI is InChI=1S/C19H23F2N5O/c1-9-7-26-12(8-23(9)4)19(27)25(6)17-13-16(14(20)10(2)15(17)21)24(5)11(3)22-18(13)26/h9,12H,3,7-8H2,1-2,4-6H3. The van der Waals surface area contributed by atoms with Crippen molar-refractivity contribution in [2.45, 2.75) is 25.9 Å². The molecule has 3 aliphatic rings. The Bertz CT molecular complexity index is 912. The van der Waals surface area contributed by atoms with Crippen LogP contribution in [0.5, 0.6) is 0 Å². The maximum absolute atomic E-state index is 15.2. The Morgan fingerprint density at radius 1 is 1.07 bits per heavy atom. The van der Waals surface area contributed by atoms with Crippen molar-refractivity contribution in [3.63, 3.8) is 0 Å². The molecule has 2 unspecified atom stereocenters. The van der Waals surface area contributed by atoms with Gasteiger partial charge in [0.05, 0.1) is 16.9 Å². The van der Waals surface area contributed by atoms with Crippen LogP contribution in [0.3, 0.4) is 0 Å². The van der Waals surface area contributed by atoms with Crippen LogP contribution in [-0.4, -0.2) is 67.9 Å². The van der Waals surface area contributed by atoms with Crippen LogP contribution in [0, 0.1) is 18.6 Å². The lowest BCUT2D eigenvalue weighted by molar-refractivity contribution is -0.124. The number of amides is 1. The fourth-order valence-corrected chi connectivity index (χ4v) is 4.10. The Kier molecular flexibility index (Phi) is 3.82. The number of piperazine rings is 1. The minimum Gasteiger partial charge on any atom is -0.341 e. The summed E-state index contributed by atoms with van der Waals surface area (Å²) in [6.07, 6.45) is 0. The van der Waals surface area contributed by atoms with E-state index in [0.717, 1.165) is 0 Å². The minimum atomic E-state index is -0.725. The predicted molar refractivity (Wildman–Crippen MR) is 101 cm³/mol. The van der Waals surface area contributed by atoms with E-state index in [1.54, 1.807) is 14.1 Å². The van der Waals surface area contributed by atoms with E-state index in [1.807, 2.05) is 11.9 Å². The van der Waals surface area contributed by atoms with Gasteiger partial charge >= 0.3 is 0 Å². The number of aliphatic imine (C=N–C) groups is 1. The smallest absolute Gasteiger partial charge is 0.250 e. The second-order valence-electron chi connectivity index (χ2n) is 7.59. The summed E-state index contributed by atoms with van der Waals surface area (Å²) in [6, 6.07) is -0.353. The van der Waals surface area contributed by atoms with Gasteiger partial charge in [0.2, 0.25) is 0 Å². The number of halogens is 2. The van der Waals surface area contributed by atoms with Gasteiger partial charge in [-0.05, 0) is 20.9 Å². The van der Waals surface area contributed by atoms with Crippen LogP contribution in [0.15, 0.2) is 17.4 Å². The number of benzene rings is 1. The van der Waals surface area contributed by atoms with E-state index in [4.69, 9.17) is 0 Å². The number of nitrogens with zero attached hydrogens (tertiary/aromatic N) is 5. The molecule has 27 heavy (non-hydrogen) atoms. The summed E-state index contributed by atoms with van der Waals surface area (Å²) in [5, 5.41) is 0. The van der Waals surface area contributed by atoms with Gasteiger partial charge in [-0.3, -0.25) is 9.69 Å². The third-order valence-electron chi connectivity index (χ3n) is 6.00. The van der Waals surface area contributed by atoms with Gasteiger partial charge in [0.1, 0.15) is 17.7 Å². The molecule has 1 aromatic carbocycles. The zero-order chi connectivity index (χ0) is 19.8. The summed E-state index contributed by atoms with van der Waals surface area (Å²) in [5.74, 6) is -0.828. The number of hydrogen-bond acceptors (Lipinski definition) is 5. The summed E-state index contributed by atoms with van der Waals surface area (Å²) < 4.78 is 30.3. The summed E-state index contributed by atoms with van der Waals surface area (Å²) in [4.78, 5) is 24.6. The number of rotatable bonds is 0. The summed E-state index contributed by atoms with van der Waals surface area (Å²) in [7, 11) is 5.15. The second kappa shape index (κ2) is 5.76. The molecule has 3 aliphatic heterocycles. The van der Waals surface area contributed by atoms with Crippen molar-refractivity contribution in [3.8, 4) is 0 Å². The van der Waals surface area contributed by atoms with Crippen molar-refractivity contribution in [1.82, 2.24) is 9.80 Å². The molecule has 8 heteroatoms. The predicted octanol–water partition coefficient (Wildman–Crippen LogP) is 1.92. The average Bonchev–Trinajstić information content (AvgIpc) is 2.70. The van der Waals surface area contributed by atoms with Crippen LogP contribution in [0.4, 0.5) is 20.2 Å². The van der Waals surface area contributed by atoms with Crippen molar-refractivity contribution in [1.29, 1.82) is 0 Å². The number of hydrogen-bond donors (Lipinski definition) is 0.